The fourth-order valence-corrected chi connectivity index (χ4v) is 3.26. The quantitative estimate of drug-likeness (QED) is 0.604. The minimum atomic E-state index is -0.263. The summed E-state index contributed by atoms with van der Waals surface area (Å²) in [5.74, 6) is 0.794. The van der Waals surface area contributed by atoms with Gasteiger partial charge in [0, 0.05) is 17.4 Å². The van der Waals surface area contributed by atoms with Crippen molar-refractivity contribution in [2.45, 2.75) is 18.3 Å². The van der Waals surface area contributed by atoms with Crippen LogP contribution in [0.25, 0.3) is 0 Å². The number of rotatable bonds is 4. The summed E-state index contributed by atoms with van der Waals surface area (Å²) in [6.45, 7) is 0. The molecule has 2 aromatic carbocycles. The zero-order chi connectivity index (χ0) is 17.6. The van der Waals surface area contributed by atoms with Gasteiger partial charge in [0.1, 0.15) is 5.75 Å². The summed E-state index contributed by atoms with van der Waals surface area (Å²) >= 11 is 0. The van der Waals surface area contributed by atoms with Gasteiger partial charge in [-0.15, -0.1) is 0 Å². The minimum Gasteiger partial charge on any atom is -0.497 e. The third-order valence-electron chi connectivity index (χ3n) is 4.58. The normalized spacial score (nSPS) is 19.7. The Morgan fingerprint density at radius 1 is 0.920 bits per heavy atom. The SMILES string of the molecule is COC(=O)C1=CC(c2ccccc2)C(c2ccc(OC)cc2)C=CC1. The van der Waals surface area contributed by atoms with Crippen LogP contribution in [0.15, 0.2) is 78.4 Å². The van der Waals surface area contributed by atoms with E-state index in [1.165, 1.54) is 18.2 Å². The monoisotopic (exact) mass is 334 g/mol. The zero-order valence-electron chi connectivity index (χ0n) is 14.5. The topological polar surface area (TPSA) is 35.5 Å². The number of ether oxygens (including phenoxy) is 2. The number of allylic oxidation sites excluding steroid dienone is 3. The number of carbonyl (C=O) groups is 1. The average Bonchev–Trinajstić information content (AvgIpc) is 2.91. The molecular formula is C22H22O3. The van der Waals surface area contributed by atoms with E-state index < -0.39 is 0 Å². The van der Waals surface area contributed by atoms with Gasteiger partial charge >= 0.3 is 5.97 Å². The summed E-state index contributed by atoms with van der Waals surface area (Å²) in [7, 11) is 3.09. The Morgan fingerprint density at radius 3 is 2.24 bits per heavy atom. The highest BCUT2D eigenvalue weighted by molar-refractivity contribution is 5.89. The zero-order valence-corrected chi connectivity index (χ0v) is 14.5. The van der Waals surface area contributed by atoms with E-state index >= 15 is 0 Å². The van der Waals surface area contributed by atoms with Crippen LogP contribution in [-0.2, 0) is 9.53 Å². The maximum atomic E-state index is 12.1. The third-order valence-corrected chi connectivity index (χ3v) is 4.58. The Kier molecular flexibility index (Phi) is 5.34. The van der Waals surface area contributed by atoms with E-state index in [0.29, 0.717) is 12.0 Å². The Morgan fingerprint density at radius 2 is 1.60 bits per heavy atom. The molecule has 25 heavy (non-hydrogen) atoms. The van der Waals surface area contributed by atoms with Gasteiger partial charge in [0.05, 0.1) is 14.2 Å². The maximum absolute atomic E-state index is 12.1. The molecule has 2 atom stereocenters. The molecule has 0 bridgehead atoms. The molecule has 3 rings (SSSR count). The first-order valence-corrected chi connectivity index (χ1v) is 8.37. The van der Waals surface area contributed by atoms with Crippen molar-refractivity contribution in [3.05, 3.63) is 89.5 Å². The lowest BCUT2D eigenvalue weighted by molar-refractivity contribution is -0.136. The predicted molar refractivity (Wildman–Crippen MR) is 98.8 cm³/mol. The lowest BCUT2D eigenvalue weighted by atomic mass is 9.81. The number of methoxy groups -OCH3 is 2. The van der Waals surface area contributed by atoms with E-state index in [1.54, 1.807) is 7.11 Å². The van der Waals surface area contributed by atoms with Crippen molar-refractivity contribution in [3.63, 3.8) is 0 Å². The summed E-state index contributed by atoms with van der Waals surface area (Å²) in [5.41, 5.74) is 3.06. The summed E-state index contributed by atoms with van der Waals surface area (Å²) in [6.07, 6.45) is 6.88. The molecule has 0 saturated carbocycles. The number of benzene rings is 2. The number of esters is 1. The number of hydrogen-bond donors (Lipinski definition) is 0. The fraction of sp³-hybridized carbons (Fsp3) is 0.227. The van der Waals surface area contributed by atoms with E-state index in [2.05, 4.69) is 42.5 Å². The van der Waals surface area contributed by atoms with Crippen molar-refractivity contribution in [3.8, 4) is 5.75 Å². The van der Waals surface area contributed by atoms with Gasteiger partial charge in [0.15, 0.2) is 0 Å². The molecule has 0 heterocycles. The van der Waals surface area contributed by atoms with Crippen molar-refractivity contribution in [1.29, 1.82) is 0 Å². The minimum absolute atomic E-state index is 0.0717. The fourth-order valence-electron chi connectivity index (χ4n) is 3.26. The molecule has 3 heteroatoms. The second-order valence-corrected chi connectivity index (χ2v) is 6.05. The molecule has 0 aromatic heterocycles. The third kappa shape index (κ3) is 3.82. The lowest BCUT2D eigenvalue weighted by Gasteiger charge is -2.23. The molecule has 0 fully saturated rings. The van der Waals surface area contributed by atoms with Crippen LogP contribution < -0.4 is 4.74 Å². The molecule has 0 spiro atoms. The van der Waals surface area contributed by atoms with E-state index in [9.17, 15) is 4.79 Å². The van der Waals surface area contributed by atoms with E-state index in [-0.39, 0.29) is 17.8 Å². The number of carbonyl (C=O) groups excluding carboxylic acids is 1. The Hall–Kier alpha value is -2.81. The van der Waals surface area contributed by atoms with Crippen LogP contribution in [0.1, 0.15) is 29.4 Å². The predicted octanol–water partition coefficient (Wildman–Crippen LogP) is 4.62. The van der Waals surface area contributed by atoms with Gasteiger partial charge < -0.3 is 9.47 Å². The summed E-state index contributed by atoms with van der Waals surface area (Å²) < 4.78 is 10.2. The molecule has 0 aliphatic heterocycles. The lowest BCUT2D eigenvalue weighted by Crippen LogP contribution is -2.10. The second-order valence-electron chi connectivity index (χ2n) is 6.05. The first kappa shape index (κ1) is 17.0. The smallest absolute Gasteiger partial charge is 0.333 e. The second kappa shape index (κ2) is 7.84. The van der Waals surface area contributed by atoms with Crippen LogP contribution in [0.4, 0.5) is 0 Å². The van der Waals surface area contributed by atoms with Crippen molar-refractivity contribution in [2.24, 2.45) is 0 Å². The van der Waals surface area contributed by atoms with Gasteiger partial charge in [0.25, 0.3) is 0 Å². The molecule has 0 N–H and O–H groups in total. The first-order chi connectivity index (χ1) is 12.2. The Labute approximate surface area is 148 Å². The Balaban J connectivity index is 2.04. The van der Waals surface area contributed by atoms with Crippen LogP contribution >= 0.6 is 0 Å². The summed E-state index contributed by atoms with van der Waals surface area (Å²) in [4.78, 5) is 12.1. The van der Waals surface area contributed by atoms with Gasteiger partial charge in [-0.05, 0) is 29.7 Å². The standard InChI is InChI=1S/C22H22O3/c1-24-19-13-11-17(12-14-19)20-10-6-9-18(22(23)25-2)15-21(20)16-7-4-3-5-8-16/h3-8,10-15,20-21H,9H2,1-2H3. The van der Waals surface area contributed by atoms with Gasteiger partial charge in [-0.25, -0.2) is 4.79 Å². The highest BCUT2D eigenvalue weighted by atomic mass is 16.5. The first-order valence-electron chi connectivity index (χ1n) is 8.37. The van der Waals surface area contributed by atoms with Crippen LogP contribution in [-0.4, -0.2) is 20.2 Å². The van der Waals surface area contributed by atoms with Crippen LogP contribution in [0.5, 0.6) is 5.75 Å². The van der Waals surface area contributed by atoms with Crippen molar-refractivity contribution >= 4 is 5.97 Å². The molecule has 2 unspecified atom stereocenters. The maximum Gasteiger partial charge on any atom is 0.333 e. The Bertz CT molecular complexity index is 773. The van der Waals surface area contributed by atoms with Gasteiger partial charge in [-0.2, -0.15) is 0 Å². The summed E-state index contributed by atoms with van der Waals surface area (Å²) in [6, 6.07) is 18.4. The molecule has 1 aliphatic rings. The van der Waals surface area contributed by atoms with E-state index in [0.717, 1.165) is 5.75 Å². The van der Waals surface area contributed by atoms with Gasteiger partial charge in [-0.1, -0.05) is 60.7 Å². The van der Waals surface area contributed by atoms with E-state index in [1.807, 2.05) is 30.3 Å². The van der Waals surface area contributed by atoms with Gasteiger partial charge in [-0.3, -0.25) is 0 Å². The largest absolute Gasteiger partial charge is 0.497 e. The average molecular weight is 334 g/mol. The molecule has 2 aromatic rings. The highest BCUT2D eigenvalue weighted by Crippen LogP contribution is 2.39. The molecular weight excluding hydrogens is 312 g/mol. The highest BCUT2D eigenvalue weighted by Gasteiger charge is 2.25. The molecule has 0 radical (unpaired) electrons. The molecule has 0 amide bonds. The van der Waals surface area contributed by atoms with Crippen LogP contribution in [0.3, 0.4) is 0 Å². The molecule has 1 aliphatic carbocycles. The van der Waals surface area contributed by atoms with Gasteiger partial charge in [0.2, 0.25) is 0 Å². The molecule has 128 valence electrons. The molecule has 0 saturated heterocycles. The van der Waals surface area contributed by atoms with Crippen molar-refractivity contribution in [1.82, 2.24) is 0 Å². The summed E-state index contributed by atoms with van der Waals surface area (Å²) in [5, 5.41) is 0. The van der Waals surface area contributed by atoms with E-state index in [4.69, 9.17) is 9.47 Å². The van der Waals surface area contributed by atoms with Crippen LogP contribution in [0, 0.1) is 0 Å². The van der Waals surface area contributed by atoms with Crippen molar-refractivity contribution in [2.75, 3.05) is 14.2 Å². The molecule has 3 nitrogen and oxygen atoms in total. The number of hydrogen-bond acceptors (Lipinski definition) is 3. The van der Waals surface area contributed by atoms with Crippen molar-refractivity contribution < 1.29 is 14.3 Å². The van der Waals surface area contributed by atoms with Crippen LogP contribution in [0.2, 0.25) is 0 Å².